The molecule has 2 aliphatic heterocycles. The van der Waals surface area contributed by atoms with Gasteiger partial charge in [-0.25, -0.2) is 35.1 Å². The highest BCUT2D eigenvalue weighted by Crippen LogP contribution is 2.58. The summed E-state index contributed by atoms with van der Waals surface area (Å²) >= 11 is 0. The summed E-state index contributed by atoms with van der Waals surface area (Å²) in [5, 5.41) is 0. The van der Waals surface area contributed by atoms with Crippen molar-refractivity contribution in [2.45, 2.75) is 66.2 Å². The molecule has 0 aliphatic carbocycles. The van der Waals surface area contributed by atoms with E-state index in [9.17, 15) is 0 Å². The molecule has 6 aromatic carbocycles. The van der Waals surface area contributed by atoms with Crippen LogP contribution in [0.5, 0.6) is 0 Å². The van der Waals surface area contributed by atoms with Crippen LogP contribution in [-0.4, -0.2) is 0 Å². The quantitative estimate of drug-likeness (QED) is 0.131. The molecule has 0 saturated carbocycles. The minimum atomic E-state index is -2.24. The van der Waals surface area contributed by atoms with Crippen LogP contribution >= 0.6 is 0 Å². The average Bonchev–Trinajstić information content (AvgIpc) is 3.14. The van der Waals surface area contributed by atoms with E-state index >= 15 is 35.1 Å². The number of anilines is 6. The summed E-state index contributed by atoms with van der Waals surface area (Å²) in [6, 6.07) is 20.6. The lowest BCUT2D eigenvalue weighted by Crippen LogP contribution is -2.33. The first-order valence-corrected chi connectivity index (χ1v) is 18.1. The first-order chi connectivity index (χ1) is 26.3. The summed E-state index contributed by atoms with van der Waals surface area (Å²) in [6.07, 6.45) is 0. The van der Waals surface area contributed by atoms with Crippen molar-refractivity contribution < 1.29 is 35.1 Å². The van der Waals surface area contributed by atoms with Gasteiger partial charge in [-0.05, 0) is 72.2 Å². The fourth-order valence-corrected chi connectivity index (χ4v) is 8.87. The fourth-order valence-electron chi connectivity index (χ4n) is 8.87. The minimum Gasteiger partial charge on any atom is -0.304 e. The van der Waals surface area contributed by atoms with E-state index < -0.39 is 79.9 Å². The molecular formula is C46H36F8N2. The lowest BCUT2D eigenvalue weighted by Gasteiger charge is -2.44. The summed E-state index contributed by atoms with van der Waals surface area (Å²) < 4.78 is 133. The normalized spacial score (nSPS) is 15.0. The number of hydrogen-bond donors (Lipinski definition) is 0. The number of halogens is 8. The average molecular weight is 769 g/mol. The minimum absolute atomic E-state index is 0.248. The van der Waals surface area contributed by atoms with Crippen LogP contribution in [0.15, 0.2) is 72.8 Å². The molecule has 0 unspecified atom stereocenters. The number of aryl methyl sites for hydroxylation is 4. The molecule has 8 rings (SSSR count). The van der Waals surface area contributed by atoms with Crippen LogP contribution in [0.4, 0.5) is 69.2 Å². The lowest BCUT2D eigenvalue weighted by molar-refractivity contribution is 0.444. The highest BCUT2D eigenvalue weighted by atomic mass is 19.2. The Morgan fingerprint density at radius 1 is 0.321 bits per heavy atom. The summed E-state index contributed by atoms with van der Waals surface area (Å²) in [5.41, 5.74) is -2.30. The van der Waals surface area contributed by atoms with Gasteiger partial charge in [0.25, 0.3) is 0 Å². The third-order valence-corrected chi connectivity index (χ3v) is 11.7. The molecule has 0 aromatic heterocycles. The molecule has 0 saturated heterocycles. The second kappa shape index (κ2) is 12.4. The van der Waals surface area contributed by atoms with E-state index in [1.165, 1.54) is 0 Å². The molecule has 286 valence electrons. The number of rotatable bonds is 3. The molecule has 0 amide bonds. The Balaban J connectivity index is 1.39. The van der Waals surface area contributed by atoms with Gasteiger partial charge in [0.05, 0.1) is 33.9 Å². The Kier molecular flexibility index (Phi) is 8.28. The third kappa shape index (κ3) is 4.80. The van der Waals surface area contributed by atoms with Gasteiger partial charge in [0.1, 0.15) is 11.4 Å². The van der Waals surface area contributed by atoms with Crippen LogP contribution in [0.1, 0.15) is 72.2 Å². The molecule has 0 spiro atoms. The third-order valence-electron chi connectivity index (χ3n) is 11.7. The summed E-state index contributed by atoms with van der Waals surface area (Å²) in [4.78, 5) is 2.13. The molecule has 6 aromatic rings. The largest absolute Gasteiger partial charge is 0.304 e. The zero-order valence-corrected chi connectivity index (χ0v) is 31.8. The topological polar surface area (TPSA) is 6.48 Å². The SMILES string of the molecule is Cc1cccc2c1N(c1c(F)c(F)c(-c3c(F)c(F)c(N4c5c(C)cccc5C(C)(C)c5cccc(C)c54)c(F)c3F)c(F)c1F)c1c(C)cccc1C2(C)C. The van der Waals surface area contributed by atoms with Gasteiger partial charge in [-0.3, -0.25) is 0 Å². The molecular weight excluding hydrogens is 733 g/mol. The van der Waals surface area contributed by atoms with Crippen LogP contribution in [0.25, 0.3) is 11.1 Å². The molecule has 10 heteroatoms. The second-order valence-corrected chi connectivity index (χ2v) is 15.8. The van der Waals surface area contributed by atoms with E-state index in [1.54, 1.807) is 100 Å². The predicted molar refractivity (Wildman–Crippen MR) is 204 cm³/mol. The molecule has 2 nitrogen and oxygen atoms in total. The Bertz CT molecular complexity index is 2340. The van der Waals surface area contributed by atoms with E-state index in [4.69, 9.17) is 0 Å². The van der Waals surface area contributed by atoms with Gasteiger partial charge in [0.15, 0.2) is 46.5 Å². The number of hydrogen-bond acceptors (Lipinski definition) is 2. The maximum Gasteiger partial charge on any atom is 0.186 e. The van der Waals surface area contributed by atoms with E-state index in [1.807, 2.05) is 27.7 Å². The van der Waals surface area contributed by atoms with E-state index in [-0.39, 0.29) is 22.7 Å². The van der Waals surface area contributed by atoms with Gasteiger partial charge in [0, 0.05) is 10.8 Å². The molecule has 0 radical (unpaired) electrons. The van der Waals surface area contributed by atoms with E-state index in [0.717, 1.165) is 9.80 Å². The highest BCUT2D eigenvalue weighted by molar-refractivity contribution is 5.92. The van der Waals surface area contributed by atoms with Crippen LogP contribution in [0, 0.1) is 74.2 Å². The number of fused-ring (bicyclic) bond motifs is 4. The standard InChI is InChI=1S/C46H36F8N2/c1-21-13-9-17-25-39(21)55(40-22(2)14-10-18-26(40)45(25,5)6)43-35(51)31(47)29(32(48)36(43)52)30-33(49)37(53)44(38(54)34(30)50)56-41-23(3)15-11-19-27(41)46(7,8)28-20-12-16-24(4)42(28)56/h9-20H,1-8H3. The van der Waals surface area contributed by atoms with Crippen molar-refractivity contribution >= 4 is 34.1 Å². The second-order valence-electron chi connectivity index (χ2n) is 15.8. The van der Waals surface area contributed by atoms with Crippen molar-refractivity contribution in [3.05, 3.63) is 164 Å². The first-order valence-electron chi connectivity index (χ1n) is 18.1. The van der Waals surface area contributed by atoms with Gasteiger partial charge < -0.3 is 9.80 Å². The number of nitrogens with zero attached hydrogens (tertiary/aromatic N) is 2. The maximum absolute atomic E-state index is 16.7. The molecule has 0 atom stereocenters. The van der Waals surface area contributed by atoms with Gasteiger partial charge in [-0.15, -0.1) is 0 Å². The molecule has 2 aliphatic rings. The van der Waals surface area contributed by atoms with Crippen molar-refractivity contribution in [1.82, 2.24) is 0 Å². The zero-order chi connectivity index (χ0) is 40.5. The number of para-hydroxylation sites is 4. The summed E-state index contributed by atoms with van der Waals surface area (Å²) in [6.45, 7) is 14.3. The van der Waals surface area contributed by atoms with E-state index in [2.05, 4.69) is 0 Å². The Hall–Kier alpha value is -5.64. The Morgan fingerprint density at radius 2 is 0.536 bits per heavy atom. The van der Waals surface area contributed by atoms with Gasteiger partial charge >= 0.3 is 0 Å². The highest BCUT2D eigenvalue weighted by Gasteiger charge is 2.45. The summed E-state index contributed by atoms with van der Waals surface area (Å²) in [7, 11) is 0. The molecule has 0 fully saturated rings. The van der Waals surface area contributed by atoms with Gasteiger partial charge in [0.2, 0.25) is 0 Å². The molecule has 0 N–H and O–H groups in total. The van der Waals surface area contributed by atoms with Crippen molar-refractivity contribution in [2.75, 3.05) is 9.80 Å². The zero-order valence-electron chi connectivity index (χ0n) is 31.8. The smallest absolute Gasteiger partial charge is 0.186 e. The number of benzene rings is 6. The van der Waals surface area contributed by atoms with E-state index in [0.29, 0.717) is 44.5 Å². The predicted octanol–water partition coefficient (Wildman–Crippen LogP) is 13.9. The van der Waals surface area contributed by atoms with Crippen LogP contribution < -0.4 is 9.80 Å². The monoisotopic (exact) mass is 768 g/mol. The van der Waals surface area contributed by atoms with Crippen LogP contribution in [0.3, 0.4) is 0 Å². The summed E-state index contributed by atoms with van der Waals surface area (Å²) in [5.74, 6) is -17.0. The van der Waals surface area contributed by atoms with Crippen LogP contribution in [-0.2, 0) is 10.8 Å². The van der Waals surface area contributed by atoms with Crippen LogP contribution in [0.2, 0.25) is 0 Å². The van der Waals surface area contributed by atoms with Crippen molar-refractivity contribution in [3.8, 4) is 11.1 Å². The molecule has 0 bridgehead atoms. The molecule has 2 heterocycles. The Morgan fingerprint density at radius 3 is 0.750 bits per heavy atom. The maximum atomic E-state index is 16.7. The lowest BCUT2D eigenvalue weighted by atomic mass is 9.72. The van der Waals surface area contributed by atoms with Crippen molar-refractivity contribution in [2.24, 2.45) is 0 Å². The van der Waals surface area contributed by atoms with Gasteiger partial charge in [-0.2, -0.15) is 0 Å². The van der Waals surface area contributed by atoms with Gasteiger partial charge in [-0.1, -0.05) is 100 Å². The van der Waals surface area contributed by atoms with Crippen molar-refractivity contribution in [1.29, 1.82) is 0 Å². The Labute approximate surface area is 319 Å². The first kappa shape index (κ1) is 37.3. The molecule has 56 heavy (non-hydrogen) atoms. The van der Waals surface area contributed by atoms with Crippen molar-refractivity contribution in [3.63, 3.8) is 0 Å². The fraction of sp³-hybridized carbons (Fsp3) is 0.217.